The zero-order chi connectivity index (χ0) is 13.6. The summed E-state index contributed by atoms with van der Waals surface area (Å²) >= 11 is 0. The highest BCUT2D eigenvalue weighted by Crippen LogP contribution is 2.31. The second-order valence-electron chi connectivity index (χ2n) is 5.41. The van der Waals surface area contributed by atoms with Crippen molar-refractivity contribution >= 4 is 0 Å². The van der Waals surface area contributed by atoms with E-state index in [0.717, 1.165) is 31.8 Å². The van der Waals surface area contributed by atoms with Gasteiger partial charge in [0.1, 0.15) is 5.75 Å². The molecule has 0 saturated heterocycles. The molecule has 0 radical (unpaired) electrons. The molecule has 0 amide bonds. The number of methoxy groups -OCH3 is 1. The van der Waals surface area contributed by atoms with Crippen LogP contribution in [0.25, 0.3) is 0 Å². The highest BCUT2D eigenvalue weighted by molar-refractivity contribution is 5.41. The normalized spacial score (nSPS) is 11.6. The van der Waals surface area contributed by atoms with E-state index in [1.807, 2.05) is 6.07 Å². The molecule has 0 fully saturated rings. The van der Waals surface area contributed by atoms with E-state index in [1.54, 1.807) is 7.11 Å². The predicted octanol–water partition coefficient (Wildman–Crippen LogP) is 2.22. The van der Waals surface area contributed by atoms with Gasteiger partial charge in [-0.1, -0.05) is 31.5 Å². The number of ether oxygens (including phenoxy) is 1. The Balaban J connectivity index is 2.79. The maximum atomic E-state index is 5.49. The SMILES string of the molecule is COc1ccc(C)cc1C(C)(C)CNCCCN. The van der Waals surface area contributed by atoms with Crippen LogP contribution in [-0.2, 0) is 5.41 Å². The van der Waals surface area contributed by atoms with Crippen LogP contribution in [0, 0.1) is 6.92 Å². The number of nitrogens with two attached hydrogens (primary N) is 1. The number of benzene rings is 1. The van der Waals surface area contributed by atoms with Crippen LogP contribution in [-0.4, -0.2) is 26.7 Å². The Kier molecular flexibility index (Phi) is 5.63. The van der Waals surface area contributed by atoms with E-state index in [9.17, 15) is 0 Å². The van der Waals surface area contributed by atoms with E-state index in [2.05, 4.69) is 38.2 Å². The fraction of sp³-hybridized carbons (Fsp3) is 0.600. The number of rotatable bonds is 7. The van der Waals surface area contributed by atoms with E-state index in [0.29, 0.717) is 0 Å². The van der Waals surface area contributed by atoms with Gasteiger partial charge in [-0.3, -0.25) is 0 Å². The summed E-state index contributed by atoms with van der Waals surface area (Å²) in [5, 5.41) is 3.46. The molecule has 3 N–H and O–H groups in total. The summed E-state index contributed by atoms with van der Waals surface area (Å²) in [5.74, 6) is 0.964. The predicted molar refractivity (Wildman–Crippen MR) is 77.3 cm³/mol. The number of hydrogen-bond acceptors (Lipinski definition) is 3. The summed E-state index contributed by atoms with van der Waals surface area (Å²) in [6.07, 6.45) is 1.01. The minimum Gasteiger partial charge on any atom is -0.496 e. The smallest absolute Gasteiger partial charge is 0.122 e. The van der Waals surface area contributed by atoms with E-state index in [-0.39, 0.29) is 5.41 Å². The Morgan fingerprint density at radius 3 is 2.67 bits per heavy atom. The van der Waals surface area contributed by atoms with Crippen LogP contribution in [0.15, 0.2) is 18.2 Å². The largest absolute Gasteiger partial charge is 0.496 e. The maximum Gasteiger partial charge on any atom is 0.122 e. The fourth-order valence-electron chi connectivity index (χ4n) is 2.07. The lowest BCUT2D eigenvalue weighted by Gasteiger charge is -2.28. The van der Waals surface area contributed by atoms with Crippen molar-refractivity contribution in [3.05, 3.63) is 29.3 Å². The first-order valence-electron chi connectivity index (χ1n) is 6.57. The molecule has 0 bridgehead atoms. The molecule has 0 atom stereocenters. The quantitative estimate of drug-likeness (QED) is 0.729. The van der Waals surface area contributed by atoms with Crippen molar-refractivity contribution < 1.29 is 4.74 Å². The van der Waals surface area contributed by atoms with Crippen LogP contribution >= 0.6 is 0 Å². The summed E-state index contributed by atoms with van der Waals surface area (Å²) in [7, 11) is 1.73. The van der Waals surface area contributed by atoms with Crippen LogP contribution < -0.4 is 15.8 Å². The highest BCUT2D eigenvalue weighted by Gasteiger charge is 2.24. The third-order valence-electron chi connectivity index (χ3n) is 3.21. The molecule has 3 heteroatoms. The Labute approximate surface area is 111 Å². The molecular weight excluding hydrogens is 224 g/mol. The molecule has 1 rings (SSSR count). The molecule has 1 aromatic carbocycles. The van der Waals surface area contributed by atoms with Gasteiger partial charge in [0.25, 0.3) is 0 Å². The minimum absolute atomic E-state index is 0.0476. The molecule has 0 spiro atoms. The zero-order valence-electron chi connectivity index (χ0n) is 12.0. The molecule has 18 heavy (non-hydrogen) atoms. The molecule has 0 aliphatic carbocycles. The first kappa shape index (κ1) is 15.0. The van der Waals surface area contributed by atoms with Crippen LogP contribution in [0.5, 0.6) is 5.75 Å². The fourth-order valence-corrected chi connectivity index (χ4v) is 2.07. The summed E-state index contributed by atoms with van der Waals surface area (Å²) in [4.78, 5) is 0. The van der Waals surface area contributed by atoms with Gasteiger partial charge in [0.05, 0.1) is 7.11 Å². The zero-order valence-corrected chi connectivity index (χ0v) is 12.0. The molecule has 0 aromatic heterocycles. The molecule has 102 valence electrons. The van der Waals surface area contributed by atoms with Crippen molar-refractivity contribution in [2.45, 2.75) is 32.6 Å². The molecule has 1 aromatic rings. The number of hydrogen-bond donors (Lipinski definition) is 2. The Morgan fingerprint density at radius 2 is 2.06 bits per heavy atom. The monoisotopic (exact) mass is 250 g/mol. The van der Waals surface area contributed by atoms with Crippen molar-refractivity contribution in [2.75, 3.05) is 26.7 Å². The van der Waals surface area contributed by atoms with Crippen molar-refractivity contribution in [2.24, 2.45) is 5.73 Å². The molecule has 0 unspecified atom stereocenters. The van der Waals surface area contributed by atoms with Crippen LogP contribution in [0.3, 0.4) is 0 Å². The standard InChI is InChI=1S/C15H26N2O/c1-12-6-7-14(18-4)13(10-12)15(2,3)11-17-9-5-8-16/h6-7,10,17H,5,8-9,11,16H2,1-4H3. The van der Waals surface area contributed by atoms with Crippen molar-refractivity contribution in [3.63, 3.8) is 0 Å². The maximum absolute atomic E-state index is 5.49. The Morgan fingerprint density at radius 1 is 1.33 bits per heavy atom. The average molecular weight is 250 g/mol. The minimum atomic E-state index is 0.0476. The van der Waals surface area contributed by atoms with Gasteiger partial charge in [-0.15, -0.1) is 0 Å². The first-order valence-corrected chi connectivity index (χ1v) is 6.57. The second kappa shape index (κ2) is 6.76. The van der Waals surface area contributed by atoms with Gasteiger partial charge < -0.3 is 15.8 Å². The molecule has 3 nitrogen and oxygen atoms in total. The third-order valence-corrected chi connectivity index (χ3v) is 3.21. The van der Waals surface area contributed by atoms with E-state index in [4.69, 9.17) is 10.5 Å². The highest BCUT2D eigenvalue weighted by atomic mass is 16.5. The molecule has 0 aliphatic heterocycles. The van der Waals surface area contributed by atoms with Crippen molar-refractivity contribution in [1.29, 1.82) is 0 Å². The summed E-state index contributed by atoms with van der Waals surface area (Å²) in [6, 6.07) is 6.34. The topological polar surface area (TPSA) is 47.3 Å². The van der Waals surface area contributed by atoms with Gasteiger partial charge in [0.15, 0.2) is 0 Å². The number of nitrogens with one attached hydrogen (secondary N) is 1. The van der Waals surface area contributed by atoms with Gasteiger partial charge in [-0.05, 0) is 32.5 Å². The van der Waals surface area contributed by atoms with Gasteiger partial charge in [0.2, 0.25) is 0 Å². The van der Waals surface area contributed by atoms with E-state index >= 15 is 0 Å². The number of aryl methyl sites for hydroxylation is 1. The van der Waals surface area contributed by atoms with Crippen LogP contribution in [0.2, 0.25) is 0 Å². The average Bonchev–Trinajstić information content (AvgIpc) is 2.35. The van der Waals surface area contributed by atoms with Gasteiger partial charge in [-0.2, -0.15) is 0 Å². The molecular formula is C15H26N2O. The molecule has 0 saturated carbocycles. The summed E-state index contributed by atoms with van der Waals surface area (Å²) in [5.41, 5.74) is 8.06. The lowest BCUT2D eigenvalue weighted by atomic mass is 9.83. The van der Waals surface area contributed by atoms with Crippen molar-refractivity contribution in [3.8, 4) is 5.75 Å². The van der Waals surface area contributed by atoms with Crippen LogP contribution in [0.4, 0.5) is 0 Å². The molecule has 0 aliphatic rings. The van der Waals surface area contributed by atoms with Gasteiger partial charge in [-0.25, -0.2) is 0 Å². The molecule has 0 heterocycles. The van der Waals surface area contributed by atoms with E-state index in [1.165, 1.54) is 11.1 Å². The van der Waals surface area contributed by atoms with Crippen LogP contribution in [0.1, 0.15) is 31.4 Å². The summed E-state index contributed by atoms with van der Waals surface area (Å²) < 4.78 is 5.47. The lowest BCUT2D eigenvalue weighted by Crippen LogP contribution is -2.34. The van der Waals surface area contributed by atoms with Crippen molar-refractivity contribution in [1.82, 2.24) is 5.32 Å². The Hall–Kier alpha value is -1.06. The third kappa shape index (κ3) is 4.00. The van der Waals surface area contributed by atoms with E-state index < -0.39 is 0 Å². The van der Waals surface area contributed by atoms with Gasteiger partial charge in [0, 0.05) is 17.5 Å². The lowest BCUT2D eigenvalue weighted by molar-refractivity contribution is 0.385. The first-order chi connectivity index (χ1) is 8.51. The second-order valence-corrected chi connectivity index (χ2v) is 5.41. The summed E-state index contributed by atoms with van der Waals surface area (Å²) in [6.45, 7) is 9.21. The Bertz CT molecular complexity index is 375. The van der Waals surface area contributed by atoms with Gasteiger partial charge >= 0.3 is 0 Å².